The van der Waals surface area contributed by atoms with Gasteiger partial charge in [-0.25, -0.2) is 5.43 Å². The van der Waals surface area contributed by atoms with Crippen LogP contribution in [0.25, 0.3) is 0 Å². The van der Waals surface area contributed by atoms with Crippen molar-refractivity contribution in [1.29, 1.82) is 0 Å². The largest absolute Gasteiger partial charge is 0.507 e. The lowest BCUT2D eigenvalue weighted by molar-refractivity contribution is -0.123. The van der Waals surface area contributed by atoms with E-state index in [-0.39, 0.29) is 23.3 Å². The third kappa shape index (κ3) is 6.34. The van der Waals surface area contributed by atoms with Gasteiger partial charge in [0.25, 0.3) is 5.91 Å². The molecule has 0 unspecified atom stereocenters. The number of hydrogen-bond acceptors (Lipinski definition) is 4. The van der Waals surface area contributed by atoms with Gasteiger partial charge in [0, 0.05) is 11.1 Å². The number of phenols is 1. The zero-order chi connectivity index (χ0) is 21.8. The molecule has 0 atom stereocenters. The topological polar surface area (TPSA) is 70.9 Å². The molecule has 0 aliphatic heterocycles. The number of carbonyl (C=O) groups is 1. The standard InChI is InChI=1S/C24H32N2O3/c1-16-9-8-10-18(11-16)29-15-21(27)26-25-14-17-12-19(23(2,3)4)22(28)20(13-17)24(5,6)7/h8-14,28H,15H2,1-7H3,(H,26,27). The Morgan fingerprint density at radius 3 is 2.17 bits per heavy atom. The van der Waals surface area contributed by atoms with Gasteiger partial charge in [-0.05, 0) is 53.1 Å². The second kappa shape index (κ2) is 8.68. The first-order valence-corrected chi connectivity index (χ1v) is 9.77. The lowest BCUT2D eigenvalue weighted by Crippen LogP contribution is -2.24. The first-order valence-electron chi connectivity index (χ1n) is 9.77. The third-order valence-corrected chi connectivity index (χ3v) is 4.51. The van der Waals surface area contributed by atoms with E-state index >= 15 is 0 Å². The molecule has 2 aromatic carbocycles. The van der Waals surface area contributed by atoms with Gasteiger partial charge in [0.1, 0.15) is 11.5 Å². The van der Waals surface area contributed by atoms with Crippen LogP contribution in [0.15, 0.2) is 41.5 Å². The van der Waals surface area contributed by atoms with Crippen LogP contribution >= 0.6 is 0 Å². The second-order valence-electron chi connectivity index (χ2n) is 9.36. The molecule has 0 aliphatic rings. The highest BCUT2D eigenvalue weighted by molar-refractivity contribution is 5.84. The Hall–Kier alpha value is -2.82. The molecule has 0 bridgehead atoms. The summed E-state index contributed by atoms with van der Waals surface area (Å²) in [6.07, 6.45) is 1.59. The van der Waals surface area contributed by atoms with Crippen molar-refractivity contribution in [2.24, 2.45) is 5.10 Å². The molecule has 2 rings (SSSR count). The molecule has 29 heavy (non-hydrogen) atoms. The molecule has 2 N–H and O–H groups in total. The number of aromatic hydroxyl groups is 1. The normalized spacial score (nSPS) is 12.2. The van der Waals surface area contributed by atoms with Crippen molar-refractivity contribution in [3.8, 4) is 11.5 Å². The number of amides is 1. The Morgan fingerprint density at radius 1 is 1.07 bits per heavy atom. The van der Waals surface area contributed by atoms with Crippen LogP contribution in [0.5, 0.6) is 11.5 Å². The van der Waals surface area contributed by atoms with Crippen molar-refractivity contribution in [2.45, 2.75) is 59.3 Å². The SMILES string of the molecule is Cc1cccc(OCC(=O)NN=Cc2cc(C(C)(C)C)c(O)c(C(C)(C)C)c2)c1. The van der Waals surface area contributed by atoms with E-state index in [0.717, 1.165) is 22.3 Å². The summed E-state index contributed by atoms with van der Waals surface area (Å²) >= 11 is 0. The van der Waals surface area contributed by atoms with E-state index in [2.05, 4.69) is 52.1 Å². The van der Waals surface area contributed by atoms with Gasteiger partial charge in [0.2, 0.25) is 0 Å². The number of nitrogens with one attached hydrogen (secondary N) is 1. The van der Waals surface area contributed by atoms with Crippen LogP contribution in [-0.4, -0.2) is 23.8 Å². The van der Waals surface area contributed by atoms with Crippen LogP contribution in [0, 0.1) is 6.92 Å². The zero-order valence-electron chi connectivity index (χ0n) is 18.5. The number of hydrogen-bond donors (Lipinski definition) is 2. The molecule has 156 valence electrons. The number of benzene rings is 2. The summed E-state index contributed by atoms with van der Waals surface area (Å²) in [4.78, 5) is 12.0. The highest BCUT2D eigenvalue weighted by Gasteiger charge is 2.26. The molecule has 2 aromatic rings. The Morgan fingerprint density at radius 2 is 1.66 bits per heavy atom. The molecular weight excluding hydrogens is 364 g/mol. The smallest absolute Gasteiger partial charge is 0.277 e. The third-order valence-electron chi connectivity index (χ3n) is 4.51. The van der Waals surface area contributed by atoms with E-state index in [9.17, 15) is 9.90 Å². The summed E-state index contributed by atoms with van der Waals surface area (Å²) in [5.74, 6) is 0.624. The Bertz CT molecular complexity index is 868. The van der Waals surface area contributed by atoms with E-state index in [1.807, 2.05) is 43.3 Å². The van der Waals surface area contributed by atoms with Crippen LogP contribution in [-0.2, 0) is 15.6 Å². The van der Waals surface area contributed by atoms with Crippen molar-refractivity contribution >= 4 is 12.1 Å². The number of hydrazone groups is 1. The lowest BCUT2D eigenvalue weighted by atomic mass is 9.78. The number of rotatable bonds is 5. The van der Waals surface area contributed by atoms with Gasteiger partial charge in [-0.15, -0.1) is 0 Å². The molecule has 0 fully saturated rings. The lowest BCUT2D eigenvalue weighted by Gasteiger charge is -2.27. The van der Waals surface area contributed by atoms with Gasteiger partial charge in [-0.1, -0.05) is 53.7 Å². The first kappa shape index (κ1) is 22.5. The number of carbonyl (C=O) groups excluding carboxylic acids is 1. The Balaban J connectivity index is 2.12. The van der Waals surface area contributed by atoms with Gasteiger partial charge in [0.05, 0.1) is 6.21 Å². The van der Waals surface area contributed by atoms with Gasteiger partial charge in [-0.3, -0.25) is 4.79 Å². The van der Waals surface area contributed by atoms with Crippen LogP contribution in [0.2, 0.25) is 0 Å². The van der Waals surface area contributed by atoms with Crippen LogP contribution in [0.4, 0.5) is 0 Å². The minimum atomic E-state index is -0.339. The average Bonchev–Trinajstić information content (AvgIpc) is 2.59. The number of nitrogens with zero attached hydrogens (tertiary/aromatic N) is 1. The van der Waals surface area contributed by atoms with Crippen molar-refractivity contribution in [3.05, 3.63) is 58.7 Å². The van der Waals surface area contributed by atoms with Crippen LogP contribution in [0.1, 0.15) is 63.8 Å². The average molecular weight is 397 g/mol. The van der Waals surface area contributed by atoms with E-state index in [0.29, 0.717) is 11.5 Å². The van der Waals surface area contributed by atoms with E-state index < -0.39 is 0 Å². The number of aryl methyl sites for hydroxylation is 1. The summed E-state index contributed by atoms with van der Waals surface area (Å²) in [7, 11) is 0. The van der Waals surface area contributed by atoms with Crippen LogP contribution in [0.3, 0.4) is 0 Å². The summed E-state index contributed by atoms with van der Waals surface area (Å²) in [5, 5.41) is 14.8. The maximum Gasteiger partial charge on any atom is 0.277 e. The van der Waals surface area contributed by atoms with E-state index in [1.165, 1.54) is 0 Å². The molecule has 0 heterocycles. The maximum atomic E-state index is 12.0. The van der Waals surface area contributed by atoms with Crippen molar-refractivity contribution < 1.29 is 14.6 Å². The molecule has 1 amide bonds. The Labute approximate surface area is 173 Å². The first-order chi connectivity index (χ1) is 13.4. The monoisotopic (exact) mass is 396 g/mol. The molecule has 0 saturated heterocycles. The van der Waals surface area contributed by atoms with Crippen molar-refractivity contribution in [2.75, 3.05) is 6.61 Å². The molecule has 0 aliphatic carbocycles. The highest BCUT2D eigenvalue weighted by Crippen LogP contribution is 2.39. The fourth-order valence-electron chi connectivity index (χ4n) is 2.94. The fraction of sp³-hybridized carbons (Fsp3) is 0.417. The second-order valence-corrected chi connectivity index (χ2v) is 9.36. The summed E-state index contributed by atoms with van der Waals surface area (Å²) in [6, 6.07) is 11.3. The Kier molecular flexibility index (Phi) is 6.73. The minimum Gasteiger partial charge on any atom is -0.507 e. The predicted molar refractivity (Wildman–Crippen MR) is 118 cm³/mol. The predicted octanol–water partition coefficient (Wildman–Crippen LogP) is 4.82. The molecule has 0 aromatic heterocycles. The number of phenolic OH excluding ortho intramolecular Hbond substituents is 1. The van der Waals surface area contributed by atoms with Gasteiger partial charge < -0.3 is 9.84 Å². The number of ether oxygens (including phenoxy) is 1. The van der Waals surface area contributed by atoms with Gasteiger partial charge >= 0.3 is 0 Å². The van der Waals surface area contributed by atoms with E-state index in [1.54, 1.807) is 6.21 Å². The van der Waals surface area contributed by atoms with Crippen molar-refractivity contribution in [1.82, 2.24) is 5.43 Å². The molecule has 0 spiro atoms. The van der Waals surface area contributed by atoms with Crippen molar-refractivity contribution in [3.63, 3.8) is 0 Å². The highest BCUT2D eigenvalue weighted by atomic mass is 16.5. The molecule has 0 saturated carbocycles. The molecule has 0 radical (unpaired) electrons. The minimum absolute atomic E-state index is 0.114. The van der Waals surface area contributed by atoms with Gasteiger partial charge in [-0.2, -0.15) is 5.10 Å². The van der Waals surface area contributed by atoms with Gasteiger partial charge in [0.15, 0.2) is 6.61 Å². The molecular formula is C24H32N2O3. The summed E-state index contributed by atoms with van der Waals surface area (Å²) in [6.45, 7) is 14.2. The summed E-state index contributed by atoms with van der Waals surface area (Å²) in [5.41, 5.74) is 5.62. The zero-order valence-corrected chi connectivity index (χ0v) is 18.5. The van der Waals surface area contributed by atoms with E-state index in [4.69, 9.17) is 4.74 Å². The molecule has 5 heteroatoms. The fourth-order valence-corrected chi connectivity index (χ4v) is 2.94. The van der Waals surface area contributed by atoms with Crippen LogP contribution < -0.4 is 10.2 Å². The quantitative estimate of drug-likeness (QED) is 0.562. The maximum absolute atomic E-state index is 12.0. The molecule has 5 nitrogen and oxygen atoms in total. The summed E-state index contributed by atoms with van der Waals surface area (Å²) < 4.78 is 5.48.